The highest BCUT2D eigenvalue weighted by Crippen LogP contribution is 2.26. The zero-order valence-corrected chi connectivity index (χ0v) is 18.8. The first-order valence-corrected chi connectivity index (χ1v) is 9.89. The Kier molecular flexibility index (Phi) is 8.85. The topological polar surface area (TPSA) is 74.6 Å². The second-order valence-corrected chi connectivity index (χ2v) is 7.51. The molecule has 0 bridgehead atoms. The molecule has 0 aromatic carbocycles. The van der Waals surface area contributed by atoms with Crippen LogP contribution in [-0.2, 0) is 11.8 Å². The number of likely N-dealkylation sites (tertiary alicyclic amines) is 1. The predicted molar refractivity (Wildman–Crippen MR) is 119 cm³/mol. The lowest BCUT2D eigenvalue weighted by molar-refractivity contribution is -0.121. The number of rotatable bonds is 5. The highest BCUT2D eigenvalue weighted by molar-refractivity contribution is 14.0. The van der Waals surface area contributed by atoms with Crippen molar-refractivity contribution in [2.75, 3.05) is 26.7 Å². The quantitative estimate of drug-likeness (QED) is 0.379. The van der Waals surface area contributed by atoms with Crippen molar-refractivity contribution in [2.45, 2.75) is 56.9 Å². The summed E-state index contributed by atoms with van der Waals surface area (Å²) < 4.78 is 1.86. The number of halogens is 1. The Morgan fingerprint density at radius 2 is 2.07 bits per heavy atom. The molecular weight excluding hydrogens is 455 g/mol. The third-order valence-electron chi connectivity index (χ3n) is 5.50. The summed E-state index contributed by atoms with van der Waals surface area (Å²) in [5, 5.41) is 10.8. The van der Waals surface area contributed by atoms with Crippen LogP contribution >= 0.6 is 24.0 Å². The van der Waals surface area contributed by atoms with E-state index < -0.39 is 0 Å². The second-order valence-electron chi connectivity index (χ2n) is 7.51. The molecule has 3 rings (SSSR count). The fourth-order valence-corrected chi connectivity index (χ4v) is 4.04. The van der Waals surface area contributed by atoms with E-state index in [1.54, 1.807) is 0 Å². The lowest BCUT2D eigenvalue weighted by atomic mass is 9.95. The van der Waals surface area contributed by atoms with E-state index in [1.165, 1.54) is 24.8 Å². The van der Waals surface area contributed by atoms with E-state index in [0.29, 0.717) is 24.9 Å². The van der Waals surface area contributed by atoms with Crippen LogP contribution in [0.15, 0.2) is 17.4 Å². The number of aromatic nitrogens is 2. The van der Waals surface area contributed by atoms with Crippen molar-refractivity contribution in [1.29, 1.82) is 0 Å². The highest BCUT2D eigenvalue weighted by Gasteiger charge is 2.27. The molecular formula is C19H33IN6O. The Balaban J connectivity index is 0.00000261. The molecule has 1 aliphatic carbocycles. The minimum absolute atomic E-state index is 0. The number of carbonyl (C=O) groups is 1. The van der Waals surface area contributed by atoms with Gasteiger partial charge in [-0.05, 0) is 24.8 Å². The van der Waals surface area contributed by atoms with Gasteiger partial charge in [-0.3, -0.25) is 14.5 Å². The minimum Gasteiger partial charge on any atom is -0.356 e. The Morgan fingerprint density at radius 3 is 2.74 bits per heavy atom. The molecule has 2 N–H and O–H groups in total. The lowest BCUT2D eigenvalue weighted by Gasteiger charge is -2.23. The van der Waals surface area contributed by atoms with Crippen molar-refractivity contribution in [3.63, 3.8) is 0 Å². The first-order valence-electron chi connectivity index (χ1n) is 9.89. The summed E-state index contributed by atoms with van der Waals surface area (Å²) in [7, 11) is 3.76. The van der Waals surface area contributed by atoms with E-state index >= 15 is 0 Å². The summed E-state index contributed by atoms with van der Waals surface area (Å²) in [5.41, 5.74) is 1.29. The second kappa shape index (κ2) is 10.9. The van der Waals surface area contributed by atoms with Gasteiger partial charge >= 0.3 is 0 Å². The summed E-state index contributed by atoms with van der Waals surface area (Å²) in [4.78, 5) is 18.8. The monoisotopic (exact) mass is 488 g/mol. The maximum absolute atomic E-state index is 12.1. The van der Waals surface area contributed by atoms with Gasteiger partial charge in [0.25, 0.3) is 0 Å². The van der Waals surface area contributed by atoms with Gasteiger partial charge in [0.05, 0.1) is 6.20 Å². The van der Waals surface area contributed by atoms with Gasteiger partial charge in [0, 0.05) is 58.3 Å². The molecule has 2 fully saturated rings. The Hall–Kier alpha value is -1.32. The number of carbonyl (C=O) groups excluding carboxylic acids is 1. The van der Waals surface area contributed by atoms with Gasteiger partial charge in [0.2, 0.25) is 5.91 Å². The number of guanidine groups is 1. The molecule has 1 saturated heterocycles. The van der Waals surface area contributed by atoms with Gasteiger partial charge < -0.3 is 15.5 Å². The Bertz CT molecular complexity index is 625. The Labute approximate surface area is 179 Å². The maximum Gasteiger partial charge on any atom is 0.221 e. The average molecular weight is 488 g/mol. The molecule has 1 aromatic rings. The standard InChI is InChI=1S/C19H32N6O.HI/c1-20-19(21-10-8-18(26)23-17-6-4-3-5-7-17)25-11-9-15(14-25)16-12-22-24(2)13-16;/h12-13,15,17H,3-11,14H2,1-2H3,(H,20,21)(H,23,26);1H. The third kappa shape index (κ3) is 6.36. The van der Waals surface area contributed by atoms with Crippen molar-refractivity contribution in [3.8, 4) is 0 Å². The van der Waals surface area contributed by atoms with E-state index in [4.69, 9.17) is 0 Å². The van der Waals surface area contributed by atoms with Gasteiger partial charge in [-0.1, -0.05) is 19.3 Å². The van der Waals surface area contributed by atoms with E-state index in [-0.39, 0.29) is 29.9 Å². The first-order chi connectivity index (χ1) is 12.7. The van der Waals surface area contributed by atoms with Crippen molar-refractivity contribution >= 4 is 35.8 Å². The molecule has 0 spiro atoms. The van der Waals surface area contributed by atoms with Crippen LogP contribution in [-0.4, -0.2) is 59.3 Å². The van der Waals surface area contributed by atoms with Crippen LogP contribution in [0.4, 0.5) is 0 Å². The van der Waals surface area contributed by atoms with Gasteiger partial charge in [0.1, 0.15) is 0 Å². The minimum atomic E-state index is 0. The molecule has 2 aliphatic rings. The number of amides is 1. The third-order valence-corrected chi connectivity index (χ3v) is 5.50. The van der Waals surface area contributed by atoms with Crippen molar-refractivity contribution in [3.05, 3.63) is 18.0 Å². The summed E-state index contributed by atoms with van der Waals surface area (Å²) >= 11 is 0. The van der Waals surface area contributed by atoms with Gasteiger partial charge in [0.15, 0.2) is 5.96 Å². The highest BCUT2D eigenvalue weighted by atomic mass is 127. The normalized spacial score (nSPS) is 21.0. The van der Waals surface area contributed by atoms with E-state index in [0.717, 1.165) is 38.3 Å². The van der Waals surface area contributed by atoms with Crippen LogP contribution in [0.5, 0.6) is 0 Å². The zero-order chi connectivity index (χ0) is 18.4. The Morgan fingerprint density at radius 1 is 1.30 bits per heavy atom. The zero-order valence-electron chi connectivity index (χ0n) is 16.5. The van der Waals surface area contributed by atoms with Crippen LogP contribution < -0.4 is 10.6 Å². The molecule has 1 atom stereocenters. The molecule has 152 valence electrons. The molecule has 27 heavy (non-hydrogen) atoms. The van der Waals surface area contributed by atoms with Crippen molar-refractivity contribution in [1.82, 2.24) is 25.3 Å². The van der Waals surface area contributed by atoms with Gasteiger partial charge in [-0.25, -0.2) is 0 Å². The molecule has 1 aromatic heterocycles. The number of nitrogens with one attached hydrogen (secondary N) is 2. The fraction of sp³-hybridized carbons (Fsp3) is 0.737. The number of aliphatic imine (C=N–C) groups is 1. The smallest absolute Gasteiger partial charge is 0.221 e. The van der Waals surface area contributed by atoms with E-state index in [2.05, 4.69) is 31.8 Å². The molecule has 2 heterocycles. The van der Waals surface area contributed by atoms with Crippen molar-refractivity contribution < 1.29 is 4.79 Å². The SMILES string of the molecule is CN=C(NCCC(=O)NC1CCCCC1)N1CCC(c2cnn(C)c2)C1.I. The number of nitrogens with zero attached hydrogens (tertiary/aromatic N) is 4. The summed E-state index contributed by atoms with van der Waals surface area (Å²) in [5.74, 6) is 1.54. The van der Waals surface area contributed by atoms with Crippen molar-refractivity contribution in [2.24, 2.45) is 12.0 Å². The van der Waals surface area contributed by atoms with Crippen LogP contribution in [0.3, 0.4) is 0 Å². The molecule has 0 radical (unpaired) electrons. The fourth-order valence-electron chi connectivity index (χ4n) is 4.04. The summed E-state index contributed by atoms with van der Waals surface area (Å²) in [6.07, 6.45) is 11.7. The average Bonchev–Trinajstić information content (AvgIpc) is 3.28. The van der Waals surface area contributed by atoms with Crippen LogP contribution in [0.25, 0.3) is 0 Å². The molecule has 1 aliphatic heterocycles. The van der Waals surface area contributed by atoms with E-state index in [9.17, 15) is 4.79 Å². The van der Waals surface area contributed by atoms with Gasteiger partial charge in [-0.15, -0.1) is 24.0 Å². The first kappa shape index (κ1) is 22.0. The molecule has 8 heteroatoms. The predicted octanol–water partition coefficient (Wildman–Crippen LogP) is 2.24. The van der Waals surface area contributed by atoms with Crippen LogP contribution in [0.2, 0.25) is 0 Å². The van der Waals surface area contributed by atoms with Crippen LogP contribution in [0.1, 0.15) is 56.4 Å². The molecule has 1 saturated carbocycles. The summed E-state index contributed by atoms with van der Waals surface area (Å²) in [6, 6.07) is 0.384. The lowest BCUT2D eigenvalue weighted by Crippen LogP contribution is -2.42. The maximum atomic E-state index is 12.1. The summed E-state index contributed by atoms with van der Waals surface area (Å²) in [6.45, 7) is 2.55. The van der Waals surface area contributed by atoms with Gasteiger partial charge in [-0.2, -0.15) is 5.10 Å². The van der Waals surface area contributed by atoms with E-state index in [1.807, 2.05) is 25.0 Å². The number of hydrogen-bond donors (Lipinski definition) is 2. The number of hydrogen-bond acceptors (Lipinski definition) is 3. The largest absolute Gasteiger partial charge is 0.356 e. The molecule has 1 unspecified atom stereocenters. The molecule has 1 amide bonds. The number of aryl methyl sites for hydroxylation is 1. The van der Waals surface area contributed by atoms with Crippen LogP contribution in [0, 0.1) is 0 Å². The molecule has 7 nitrogen and oxygen atoms in total.